The summed E-state index contributed by atoms with van der Waals surface area (Å²) >= 11 is 0. The first kappa shape index (κ1) is 21.9. The van der Waals surface area contributed by atoms with Crippen molar-refractivity contribution in [2.45, 2.75) is 26.3 Å². The lowest BCUT2D eigenvalue weighted by Crippen LogP contribution is -2.34. The number of carbonyl (C=O) groups is 1. The second-order valence-corrected chi connectivity index (χ2v) is 8.03. The van der Waals surface area contributed by atoms with Crippen LogP contribution in [-0.4, -0.2) is 58.8 Å². The number of H-pyrrole nitrogens is 1. The van der Waals surface area contributed by atoms with Crippen molar-refractivity contribution >= 4 is 11.7 Å². The van der Waals surface area contributed by atoms with E-state index in [9.17, 15) is 4.79 Å². The molecule has 3 aromatic rings. The van der Waals surface area contributed by atoms with Gasteiger partial charge in [0.25, 0.3) is 0 Å². The molecule has 0 unspecified atom stereocenters. The molecule has 0 bridgehead atoms. The molecule has 1 fully saturated rings. The molecule has 0 spiro atoms. The van der Waals surface area contributed by atoms with Gasteiger partial charge in [0.15, 0.2) is 0 Å². The van der Waals surface area contributed by atoms with E-state index in [0.29, 0.717) is 31.1 Å². The fourth-order valence-corrected chi connectivity index (χ4v) is 3.95. The molecular weight excluding hydrogens is 402 g/mol. The van der Waals surface area contributed by atoms with Crippen molar-refractivity contribution in [2.24, 2.45) is 0 Å². The van der Waals surface area contributed by atoms with Crippen LogP contribution in [0.1, 0.15) is 25.3 Å². The Labute approximate surface area is 189 Å². The predicted octanol–water partition coefficient (Wildman–Crippen LogP) is 4.61. The number of urea groups is 1. The van der Waals surface area contributed by atoms with Crippen molar-refractivity contribution in [3.63, 3.8) is 0 Å². The summed E-state index contributed by atoms with van der Waals surface area (Å²) in [7, 11) is 0. The number of hydrogen-bond donors (Lipinski definition) is 2. The third-order valence-corrected chi connectivity index (χ3v) is 5.80. The molecule has 32 heavy (non-hydrogen) atoms. The normalized spacial score (nSPS) is 13.8. The fraction of sp³-hybridized carbons (Fsp3) is 0.360. The molecule has 2 heterocycles. The highest BCUT2D eigenvalue weighted by Crippen LogP contribution is 2.31. The van der Waals surface area contributed by atoms with Crippen LogP contribution in [0.2, 0.25) is 0 Å². The van der Waals surface area contributed by atoms with Crippen molar-refractivity contribution in [2.75, 3.05) is 38.1 Å². The van der Waals surface area contributed by atoms with Crippen LogP contribution in [0.25, 0.3) is 11.1 Å². The van der Waals surface area contributed by atoms with E-state index in [4.69, 9.17) is 4.74 Å². The Morgan fingerprint density at radius 1 is 1.16 bits per heavy atom. The van der Waals surface area contributed by atoms with E-state index in [1.54, 1.807) is 11.1 Å². The number of carbonyl (C=O) groups excluding carboxylic acids is 1. The molecule has 0 saturated carbocycles. The van der Waals surface area contributed by atoms with E-state index < -0.39 is 0 Å². The highest BCUT2D eigenvalue weighted by molar-refractivity contribution is 5.91. The summed E-state index contributed by atoms with van der Waals surface area (Å²) in [5.41, 5.74) is 3.74. The number of anilines is 1. The van der Waals surface area contributed by atoms with Gasteiger partial charge in [-0.05, 0) is 56.1 Å². The van der Waals surface area contributed by atoms with Crippen LogP contribution < -0.4 is 10.1 Å². The van der Waals surface area contributed by atoms with Gasteiger partial charge in [0.2, 0.25) is 0 Å². The number of nitrogens with zero attached hydrogens (tertiary/aromatic N) is 3. The van der Waals surface area contributed by atoms with Gasteiger partial charge >= 0.3 is 6.03 Å². The Kier molecular flexibility index (Phi) is 7.40. The first-order valence-corrected chi connectivity index (χ1v) is 11.3. The summed E-state index contributed by atoms with van der Waals surface area (Å²) in [5, 5.41) is 9.94. The predicted molar refractivity (Wildman–Crippen MR) is 127 cm³/mol. The molecule has 2 N–H and O–H groups in total. The van der Waals surface area contributed by atoms with E-state index in [2.05, 4.69) is 20.4 Å². The van der Waals surface area contributed by atoms with Crippen LogP contribution in [0.15, 0.2) is 60.9 Å². The molecule has 7 nitrogen and oxygen atoms in total. The molecule has 7 heteroatoms. The van der Waals surface area contributed by atoms with Crippen molar-refractivity contribution in [3.8, 4) is 16.9 Å². The largest absolute Gasteiger partial charge is 0.490 e. The number of amides is 2. The van der Waals surface area contributed by atoms with Crippen molar-refractivity contribution in [3.05, 3.63) is 66.5 Å². The average Bonchev–Trinajstić information content (AvgIpc) is 3.54. The van der Waals surface area contributed by atoms with Gasteiger partial charge in [-0.3, -0.25) is 10.00 Å². The molecule has 4 rings (SSSR count). The number of likely N-dealkylation sites (tertiary alicyclic amines) is 1. The Hall–Kier alpha value is -3.32. The third kappa shape index (κ3) is 5.68. The Morgan fingerprint density at radius 2 is 1.97 bits per heavy atom. The fourth-order valence-electron chi connectivity index (χ4n) is 3.95. The highest BCUT2D eigenvalue weighted by atomic mass is 16.5. The monoisotopic (exact) mass is 433 g/mol. The van der Waals surface area contributed by atoms with Gasteiger partial charge in [-0.15, -0.1) is 0 Å². The maximum atomic E-state index is 13.0. The number of aromatic nitrogens is 2. The molecular formula is C25H31N5O2. The van der Waals surface area contributed by atoms with Gasteiger partial charge in [-0.2, -0.15) is 5.10 Å². The Bertz CT molecular complexity index is 985. The number of hydrogen-bond acceptors (Lipinski definition) is 4. The topological polar surface area (TPSA) is 73.5 Å². The van der Waals surface area contributed by atoms with E-state index in [1.165, 1.54) is 12.8 Å². The average molecular weight is 434 g/mol. The Balaban J connectivity index is 1.48. The number of aromatic amines is 1. The van der Waals surface area contributed by atoms with Crippen LogP contribution in [0.4, 0.5) is 10.5 Å². The van der Waals surface area contributed by atoms with Crippen LogP contribution in [0.5, 0.6) is 5.75 Å². The van der Waals surface area contributed by atoms with E-state index in [1.807, 2.05) is 61.7 Å². The molecule has 2 amide bonds. The number of nitrogens with one attached hydrogen (secondary N) is 2. The second-order valence-electron chi connectivity index (χ2n) is 8.03. The highest BCUT2D eigenvalue weighted by Gasteiger charge is 2.17. The minimum atomic E-state index is -0.142. The van der Waals surface area contributed by atoms with Gasteiger partial charge < -0.3 is 15.0 Å². The molecule has 0 radical (unpaired) electrons. The summed E-state index contributed by atoms with van der Waals surface area (Å²) in [4.78, 5) is 17.2. The van der Waals surface area contributed by atoms with Gasteiger partial charge in [-0.1, -0.05) is 36.4 Å². The zero-order chi connectivity index (χ0) is 22.2. The molecule has 1 aliphatic rings. The quantitative estimate of drug-likeness (QED) is 0.517. The van der Waals surface area contributed by atoms with E-state index in [-0.39, 0.29) is 6.03 Å². The minimum absolute atomic E-state index is 0.142. The summed E-state index contributed by atoms with van der Waals surface area (Å²) in [6.07, 6.45) is 6.14. The van der Waals surface area contributed by atoms with Gasteiger partial charge in [-0.25, -0.2) is 4.79 Å². The lowest BCUT2D eigenvalue weighted by atomic mass is 10.1. The van der Waals surface area contributed by atoms with Crippen LogP contribution in [0, 0.1) is 0 Å². The zero-order valence-electron chi connectivity index (χ0n) is 18.6. The molecule has 1 aliphatic heterocycles. The SMILES string of the molecule is CCN(Cc1ccccc1)C(=O)Nc1ccc(-c2cn[nH]c2)cc1OCCN1CCCC1. The summed E-state index contributed by atoms with van der Waals surface area (Å²) in [5.74, 6) is 0.673. The maximum Gasteiger partial charge on any atom is 0.322 e. The third-order valence-electron chi connectivity index (χ3n) is 5.80. The van der Waals surface area contributed by atoms with Crippen molar-refractivity contribution in [1.29, 1.82) is 0 Å². The summed E-state index contributed by atoms with van der Waals surface area (Å²) in [6.45, 7) is 6.88. The standard InChI is InChI=1S/C25H31N5O2/c1-2-30(19-20-8-4-3-5-9-20)25(31)28-23-11-10-21(22-17-26-27-18-22)16-24(23)32-15-14-29-12-6-7-13-29/h3-5,8-11,16-18H,2,6-7,12-15,19H2,1H3,(H,26,27)(H,28,31). The van der Waals surface area contributed by atoms with Crippen LogP contribution >= 0.6 is 0 Å². The first-order chi connectivity index (χ1) is 15.7. The minimum Gasteiger partial charge on any atom is -0.490 e. The van der Waals surface area contributed by atoms with Crippen LogP contribution in [0.3, 0.4) is 0 Å². The summed E-state index contributed by atoms with van der Waals surface area (Å²) in [6, 6.07) is 15.7. The van der Waals surface area contributed by atoms with Gasteiger partial charge in [0.05, 0.1) is 11.9 Å². The van der Waals surface area contributed by atoms with Gasteiger partial charge in [0.1, 0.15) is 12.4 Å². The second kappa shape index (κ2) is 10.8. The Morgan fingerprint density at radius 3 is 2.69 bits per heavy atom. The number of benzene rings is 2. The molecule has 168 valence electrons. The molecule has 0 atom stereocenters. The first-order valence-electron chi connectivity index (χ1n) is 11.3. The maximum absolute atomic E-state index is 13.0. The van der Waals surface area contributed by atoms with Crippen LogP contribution in [-0.2, 0) is 6.54 Å². The van der Waals surface area contributed by atoms with Crippen molar-refractivity contribution < 1.29 is 9.53 Å². The van der Waals surface area contributed by atoms with E-state index >= 15 is 0 Å². The lowest BCUT2D eigenvalue weighted by molar-refractivity contribution is 0.211. The molecule has 0 aliphatic carbocycles. The van der Waals surface area contributed by atoms with E-state index in [0.717, 1.165) is 36.3 Å². The number of rotatable bonds is 9. The summed E-state index contributed by atoms with van der Waals surface area (Å²) < 4.78 is 6.16. The smallest absolute Gasteiger partial charge is 0.322 e. The zero-order valence-corrected chi connectivity index (χ0v) is 18.6. The van der Waals surface area contributed by atoms with Gasteiger partial charge in [0, 0.05) is 31.4 Å². The molecule has 2 aromatic carbocycles. The lowest BCUT2D eigenvalue weighted by Gasteiger charge is -2.23. The molecule has 1 saturated heterocycles. The van der Waals surface area contributed by atoms with Crippen molar-refractivity contribution in [1.82, 2.24) is 20.0 Å². The molecule has 1 aromatic heterocycles. The number of ether oxygens (including phenoxy) is 1.